The molecule has 0 radical (unpaired) electrons. The van der Waals surface area contributed by atoms with Crippen molar-refractivity contribution in [1.29, 1.82) is 0 Å². The standard InChI is InChI=1S/C12H17NO2S/c1-8(6-14)13-12(15)10-7-16-11-5-3-2-4-9(10)11/h7-8,14H,2-6H2,1H3,(H,13,15). The van der Waals surface area contributed by atoms with Gasteiger partial charge >= 0.3 is 0 Å². The number of amides is 1. The third-order valence-electron chi connectivity index (χ3n) is 2.96. The highest BCUT2D eigenvalue weighted by atomic mass is 32.1. The van der Waals surface area contributed by atoms with Crippen LogP contribution in [-0.4, -0.2) is 23.7 Å². The zero-order chi connectivity index (χ0) is 11.5. The fraction of sp³-hybridized carbons (Fsp3) is 0.583. The Balaban J connectivity index is 2.14. The molecule has 2 N–H and O–H groups in total. The lowest BCUT2D eigenvalue weighted by Gasteiger charge is -2.14. The summed E-state index contributed by atoms with van der Waals surface area (Å²) in [6.45, 7) is 1.79. The lowest BCUT2D eigenvalue weighted by molar-refractivity contribution is 0.0921. The second kappa shape index (κ2) is 4.97. The predicted molar refractivity (Wildman–Crippen MR) is 65.0 cm³/mol. The Labute approximate surface area is 99.5 Å². The van der Waals surface area contributed by atoms with Crippen LogP contribution in [0.1, 0.15) is 40.6 Å². The first-order valence-electron chi connectivity index (χ1n) is 5.73. The molecule has 2 rings (SSSR count). The molecule has 0 saturated heterocycles. The van der Waals surface area contributed by atoms with Gasteiger partial charge in [-0.15, -0.1) is 11.3 Å². The van der Waals surface area contributed by atoms with Crippen LogP contribution in [0.2, 0.25) is 0 Å². The van der Waals surface area contributed by atoms with Gasteiger partial charge in [0.1, 0.15) is 0 Å². The highest BCUT2D eigenvalue weighted by Crippen LogP contribution is 2.30. The molecule has 3 nitrogen and oxygen atoms in total. The van der Waals surface area contributed by atoms with Gasteiger partial charge < -0.3 is 10.4 Å². The highest BCUT2D eigenvalue weighted by Gasteiger charge is 2.20. The molecule has 1 aromatic rings. The summed E-state index contributed by atoms with van der Waals surface area (Å²) >= 11 is 1.69. The summed E-state index contributed by atoms with van der Waals surface area (Å²) in [7, 11) is 0. The molecule has 1 aromatic heterocycles. The van der Waals surface area contributed by atoms with E-state index in [-0.39, 0.29) is 18.6 Å². The average molecular weight is 239 g/mol. The van der Waals surface area contributed by atoms with Gasteiger partial charge in [-0.3, -0.25) is 4.79 Å². The van der Waals surface area contributed by atoms with E-state index in [9.17, 15) is 4.79 Å². The number of rotatable bonds is 3. The minimum absolute atomic E-state index is 0.0158. The summed E-state index contributed by atoms with van der Waals surface area (Å²) in [5.41, 5.74) is 2.05. The normalized spacial score (nSPS) is 16.6. The highest BCUT2D eigenvalue weighted by molar-refractivity contribution is 7.10. The van der Waals surface area contributed by atoms with E-state index in [1.165, 1.54) is 23.3 Å². The van der Waals surface area contributed by atoms with Crippen LogP contribution >= 0.6 is 11.3 Å². The van der Waals surface area contributed by atoms with Crippen LogP contribution in [0.25, 0.3) is 0 Å². The minimum Gasteiger partial charge on any atom is -0.394 e. The SMILES string of the molecule is CC(CO)NC(=O)c1csc2c1CCCC2. The number of aryl methyl sites for hydroxylation is 1. The van der Waals surface area contributed by atoms with Gasteiger partial charge in [0.15, 0.2) is 0 Å². The molecule has 0 aliphatic heterocycles. The molecule has 1 atom stereocenters. The number of fused-ring (bicyclic) bond motifs is 1. The third-order valence-corrected chi connectivity index (χ3v) is 4.05. The Morgan fingerprint density at radius 2 is 2.31 bits per heavy atom. The zero-order valence-corrected chi connectivity index (χ0v) is 10.3. The van der Waals surface area contributed by atoms with E-state index < -0.39 is 0 Å². The number of hydrogen-bond acceptors (Lipinski definition) is 3. The molecular weight excluding hydrogens is 222 g/mol. The van der Waals surface area contributed by atoms with Crippen LogP contribution in [0, 0.1) is 0 Å². The molecule has 88 valence electrons. The second-order valence-electron chi connectivity index (χ2n) is 4.32. The smallest absolute Gasteiger partial charge is 0.252 e. The number of aliphatic hydroxyl groups is 1. The van der Waals surface area contributed by atoms with Gasteiger partial charge in [-0.25, -0.2) is 0 Å². The van der Waals surface area contributed by atoms with Gasteiger partial charge in [-0.1, -0.05) is 0 Å². The quantitative estimate of drug-likeness (QED) is 0.844. The fourth-order valence-electron chi connectivity index (χ4n) is 2.03. The third kappa shape index (κ3) is 2.28. The van der Waals surface area contributed by atoms with Crippen LogP contribution < -0.4 is 5.32 Å². The Morgan fingerprint density at radius 1 is 1.56 bits per heavy atom. The van der Waals surface area contributed by atoms with Crippen molar-refractivity contribution in [2.75, 3.05) is 6.61 Å². The Kier molecular flexibility index (Phi) is 3.61. The van der Waals surface area contributed by atoms with E-state index in [1.807, 2.05) is 5.38 Å². The molecule has 1 heterocycles. The van der Waals surface area contributed by atoms with Crippen molar-refractivity contribution in [1.82, 2.24) is 5.32 Å². The van der Waals surface area contributed by atoms with E-state index in [4.69, 9.17) is 5.11 Å². The van der Waals surface area contributed by atoms with Gasteiger partial charge in [-0.05, 0) is 38.2 Å². The monoisotopic (exact) mass is 239 g/mol. The molecule has 1 aliphatic rings. The summed E-state index contributed by atoms with van der Waals surface area (Å²) in [6, 6.07) is -0.174. The molecule has 1 unspecified atom stereocenters. The van der Waals surface area contributed by atoms with Gasteiger partial charge in [0.05, 0.1) is 12.2 Å². The maximum absolute atomic E-state index is 11.9. The van der Waals surface area contributed by atoms with E-state index >= 15 is 0 Å². The van der Waals surface area contributed by atoms with E-state index in [2.05, 4.69) is 5.32 Å². The lowest BCUT2D eigenvalue weighted by atomic mass is 9.95. The topological polar surface area (TPSA) is 49.3 Å². The first-order valence-corrected chi connectivity index (χ1v) is 6.61. The van der Waals surface area contributed by atoms with Crippen molar-refractivity contribution in [3.05, 3.63) is 21.4 Å². The molecule has 0 spiro atoms. The van der Waals surface area contributed by atoms with Gasteiger partial charge in [0, 0.05) is 16.3 Å². The maximum Gasteiger partial charge on any atom is 0.252 e. The predicted octanol–water partition coefficient (Wildman–Crippen LogP) is 1.74. The molecule has 1 amide bonds. The number of carbonyl (C=O) groups excluding carboxylic acids is 1. The van der Waals surface area contributed by atoms with Crippen molar-refractivity contribution < 1.29 is 9.90 Å². The van der Waals surface area contributed by atoms with Crippen molar-refractivity contribution in [2.45, 2.75) is 38.6 Å². The Morgan fingerprint density at radius 3 is 3.06 bits per heavy atom. The molecule has 0 fully saturated rings. The van der Waals surface area contributed by atoms with Crippen LogP contribution in [0.5, 0.6) is 0 Å². The van der Waals surface area contributed by atoms with E-state index in [1.54, 1.807) is 18.3 Å². The van der Waals surface area contributed by atoms with Gasteiger partial charge in [-0.2, -0.15) is 0 Å². The zero-order valence-electron chi connectivity index (χ0n) is 9.45. The van der Waals surface area contributed by atoms with Crippen LogP contribution in [-0.2, 0) is 12.8 Å². The summed E-state index contributed by atoms with van der Waals surface area (Å²) in [5.74, 6) is -0.0408. The Bertz CT molecular complexity index is 386. The number of aliphatic hydroxyl groups excluding tert-OH is 1. The van der Waals surface area contributed by atoms with Crippen molar-refractivity contribution in [3.63, 3.8) is 0 Å². The van der Waals surface area contributed by atoms with Gasteiger partial charge in [0.2, 0.25) is 0 Å². The number of carbonyl (C=O) groups is 1. The van der Waals surface area contributed by atoms with Crippen LogP contribution in [0.3, 0.4) is 0 Å². The number of hydrogen-bond donors (Lipinski definition) is 2. The van der Waals surface area contributed by atoms with Crippen molar-refractivity contribution in [3.8, 4) is 0 Å². The largest absolute Gasteiger partial charge is 0.394 e. The van der Waals surface area contributed by atoms with Gasteiger partial charge in [0.25, 0.3) is 5.91 Å². The molecule has 0 aromatic carbocycles. The van der Waals surface area contributed by atoms with E-state index in [0.717, 1.165) is 18.4 Å². The fourth-order valence-corrected chi connectivity index (χ4v) is 3.16. The summed E-state index contributed by atoms with van der Waals surface area (Å²) in [6.07, 6.45) is 4.55. The summed E-state index contributed by atoms with van der Waals surface area (Å²) < 4.78 is 0. The number of nitrogens with one attached hydrogen (secondary N) is 1. The molecule has 0 bridgehead atoms. The maximum atomic E-state index is 11.9. The summed E-state index contributed by atoms with van der Waals surface area (Å²) in [5, 5.41) is 13.7. The Hall–Kier alpha value is -0.870. The average Bonchev–Trinajstić information content (AvgIpc) is 2.72. The first-order chi connectivity index (χ1) is 7.72. The lowest BCUT2D eigenvalue weighted by Crippen LogP contribution is -2.35. The van der Waals surface area contributed by atoms with Crippen LogP contribution in [0.4, 0.5) is 0 Å². The first kappa shape index (κ1) is 11.6. The molecule has 1 aliphatic carbocycles. The van der Waals surface area contributed by atoms with E-state index in [0.29, 0.717) is 0 Å². The second-order valence-corrected chi connectivity index (χ2v) is 5.28. The molecule has 0 saturated carbocycles. The van der Waals surface area contributed by atoms with Crippen molar-refractivity contribution in [2.24, 2.45) is 0 Å². The molecule has 16 heavy (non-hydrogen) atoms. The number of thiophene rings is 1. The molecule has 4 heteroatoms. The summed E-state index contributed by atoms with van der Waals surface area (Å²) in [4.78, 5) is 13.3. The van der Waals surface area contributed by atoms with Crippen molar-refractivity contribution >= 4 is 17.2 Å². The minimum atomic E-state index is -0.174. The van der Waals surface area contributed by atoms with Crippen LogP contribution in [0.15, 0.2) is 5.38 Å². The molecular formula is C12H17NO2S.